The summed E-state index contributed by atoms with van der Waals surface area (Å²) in [4.78, 5) is 39.5. The number of benzene rings is 1. The van der Waals surface area contributed by atoms with Gasteiger partial charge in [-0.25, -0.2) is 0 Å². The fraction of sp³-hybridized carbons (Fsp3) is 0.743. The van der Waals surface area contributed by atoms with E-state index in [1.165, 1.54) is 37.7 Å². The van der Waals surface area contributed by atoms with Crippen molar-refractivity contribution in [2.75, 3.05) is 39.3 Å². The molecule has 3 fully saturated rings. The van der Waals surface area contributed by atoms with Gasteiger partial charge in [-0.1, -0.05) is 85.7 Å². The molecule has 0 unspecified atom stereocenters. The van der Waals surface area contributed by atoms with Crippen LogP contribution in [-0.4, -0.2) is 71.7 Å². The van der Waals surface area contributed by atoms with Gasteiger partial charge in [0.05, 0.1) is 0 Å². The van der Waals surface area contributed by atoms with Crippen LogP contribution in [0, 0.1) is 23.7 Å². The molecule has 0 aromatic heterocycles. The Bertz CT molecular complexity index is 857. The Morgan fingerprint density at radius 1 is 0.659 bits per heavy atom. The Labute approximate surface area is 252 Å². The smallest absolute Gasteiger partial charge is 0.225 e. The first-order chi connectivity index (χ1) is 19.4. The fourth-order valence-corrected chi connectivity index (χ4v) is 4.82. The Morgan fingerprint density at radius 3 is 1.54 bits per heavy atom. The summed E-state index contributed by atoms with van der Waals surface area (Å²) >= 11 is 0. The lowest BCUT2D eigenvalue weighted by Crippen LogP contribution is -2.44. The number of nitrogens with zero attached hydrogens (tertiary/aromatic N) is 3. The van der Waals surface area contributed by atoms with Gasteiger partial charge in [0, 0.05) is 57.5 Å². The van der Waals surface area contributed by atoms with Crippen LogP contribution >= 0.6 is 0 Å². The molecule has 4 rings (SSSR count). The van der Waals surface area contributed by atoms with Gasteiger partial charge >= 0.3 is 0 Å². The monoisotopic (exact) mass is 571 g/mol. The van der Waals surface area contributed by atoms with Crippen molar-refractivity contribution in [1.29, 1.82) is 0 Å². The van der Waals surface area contributed by atoms with Crippen molar-refractivity contribution in [2.24, 2.45) is 23.7 Å². The molecule has 1 aromatic rings. The summed E-state index contributed by atoms with van der Waals surface area (Å²) in [6.45, 7) is 22.6. The van der Waals surface area contributed by atoms with E-state index in [0.29, 0.717) is 23.6 Å². The zero-order chi connectivity index (χ0) is 30.8. The average Bonchev–Trinajstić information content (AvgIpc) is 3.32. The molecular weight excluding hydrogens is 510 g/mol. The van der Waals surface area contributed by atoms with Gasteiger partial charge in [-0.2, -0.15) is 0 Å². The summed E-state index contributed by atoms with van der Waals surface area (Å²) in [5, 5.41) is 0. The van der Waals surface area contributed by atoms with Crippen molar-refractivity contribution in [2.45, 2.75) is 107 Å². The van der Waals surface area contributed by atoms with Crippen molar-refractivity contribution >= 4 is 17.7 Å². The van der Waals surface area contributed by atoms with E-state index >= 15 is 0 Å². The lowest BCUT2D eigenvalue weighted by molar-refractivity contribution is -0.138. The van der Waals surface area contributed by atoms with E-state index in [2.05, 4.69) is 58.0 Å². The van der Waals surface area contributed by atoms with Crippen LogP contribution in [0.25, 0.3) is 0 Å². The third kappa shape index (κ3) is 16.0. The molecule has 234 valence electrons. The molecule has 0 atom stereocenters. The number of hydrogen-bond acceptors (Lipinski definition) is 3. The third-order valence-corrected chi connectivity index (χ3v) is 7.46. The Kier molecular flexibility index (Phi) is 18.3. The second-order valence-corrected chi connectivity index (χ2v) is 13.1. The van der Waals surface area contributed by atoms with Gasteiger partial charge in [-0.15, -0.1) is 0 Å². The molecule has 0 radical (unpaired) electrons. The SMILES string of the molecule is CC(C)C(=O)N1CCC1.CC(C)C(=O)N1CCCCC1.CC(C)CCN1CCCC1=O.CC(C)Cc1ccccc1. The normalized spacial score (nSPS) is 16.5. The molecule has 3 amide bonds. The molecule has 41 heavy (non-hydrogen) atoms. The second-order valence-electron chi connectivity index (χ2n) is 13.1. The standard InChI is InChI=1S/C10H14.2C9H17NO.C7H13NO/c1-9(2)8-10-6-4-3-5-7-10;1-8(2)5-7-10-6-3-4-9(10)11;1-8(2)9(11)10-6-4-3-5-7-10;1-6(2)7(9)8-4-3-5-8/h3-7,9H,8H2,1-2H3;2*8H,3-7H2,1-2H3;6H,3-5H2,1-2H3. The first kappa shape index (κ1) is 36.7. The number of rotatable bonds is 7. The lowest BCUT2D eigenvalue weighted by Gasteiger charge is -2.32. The molecular formula is C35H61N3O3. The van der Waals surface area contributed by atoms with E-state index in [-0.39, 0.29) is 11.8 Å². The fourth-order valence-electron chi connectivity index (χ4n) is 4.82. The Balaban J connectivity index is 0.000000274. The summed E-state index contributed by atoms with van der Waals surface area (Å²) in [6, 6.07) is 10.6. The molecule has 1 aromatic carbocycles. The first-order valence-corrected chi connectivity index (χ1v) is 16.3. The van der Waals surface area contributed by atoms with E-state index in [1.54, 1.807) is 0 Å². The van der Waals surface area contributed by atoms with E-state index in [4.69, 9.17) is 0 Å². The number of piperidine rings is 1. The number of hydrogen-bond donors (Lipinski definition) is 0. The first-order valence-electron chi connectivity index (χ1n) is 16.3. The summed E-state index contributed by atoms with van der Waals surface area (Å²) in [6.07, 6.45) is 9.05. The van der Waals surface area contributed by atoms with Crippen LogP contribution in [0.1, 0.15) is 106 Å². The number of amides is 3. The highest BCUT2D eigenvalue weighted by molar-refractivity contribution is 5.79. The molecule has 3 saturated heterocycles. The maximum atomic E-state index is 11.4. The van der Waals surface area contributed by atoms with Crippen LogP contribution in [0.2, 0.25) is 0 Å². The maximum absolute atomic E-state index is 11.4. The van der Waals surface area contributed by atoms with Crippen molar-refractivity contribution in [1.82, 2.24) is 14.7 Å². The zero-order valence-corrected chi connectivity index (χ0v) is 27.7. The van der Waals surface area contributed by atoms with Crippen LogP contribution in [0.3, 0.4) is 0 Å². The number of carbonyl (C=O) groups excluding carboxylic acids is 3. The molecule has 0 bridgehead atoms. The average molecular weight is 572 g/mol. The summed E-state index contributed by atoms with van der Waals surface area (Å²) in [5.74, 6) is 2.82. The minimum Gasteiger partial charge on any atom is -0.343 e. The minimum atomic E-state index is 0.174. The Hall–Kier alpha value is -2.37. The molecule has 3 heterocycles. The van der Waals surface area contributed by atoms with Crippen LogP contribution in [0.5, 0.6) is 0 Å². The van der Waals surface area contributed by atoms with Crippen molar-refractivity contribution in [3.8, 4) is 0 Å². The molecule has 0 spiro atoms. The highest BCUT2D eigenvalue weighted by Crippen LogP contribution is 2.13. The highest BCUT2D eigenvalue weighted by Gasteiger charge is 2.22. The molecule has 0 N–H and O–H groups in total. The van der Waals surface area contributed by atoms with Gasteiger partial charge in [-0.3, -0.25) is 14.4 Å². The Morgan fingerprint density at radius 2 is 1.17 bits per heavy atom. The van der Waals surface area contributed by atoms with Crippen molar-refractivity contribution < 1.29 is 14.4 Å². The molecule has 0 aliphatic carbocycles. The summed E-state index contributed by atoms with van der Waals surface area (Å²) in [7, 11) is 0. The van der Waals surface area contributed by atoms with Gasteiger partial charge < -0.3 is 14.7 Å². The zero-order valence-electron chi connectivity index (χ0n) is 27.7. The predicted octanol–water partition coefficient (Wildman–Crippen LogP) is 7.07. The van der Waals surface area contributed by atoms with Gasteiger partial charge in [0.1, 0.15) is 0 Å². The molecule has 3 aliphatic rings. The second kappa shape index (κ2) is 20.5. The minimum absolute atomic E-state index is 0.174. The van der Waals surface area contributed by atoms with E-state index in [9.17, 15) is 14.4 Å². The van der Waals surface area contributed by atoms with Gasteiger partial charge in [0.15, 0.2) is 0 Å². The van der Waals surface area contributed by atoms with Crippen LogP contribution in [0.15, 0.2) is 30.3 Å². The molecule has 3 aliphatic heterocycles. The summed E-state index contributed by atoms with van der Waals surface area (Å²) < 4.78 is 0. The number of carbonyl (C=O) groups is 3. The van der Waals surface area contributed by atoms with Gasteiger partial charge in [-0.05, 0) is 62.3 Å². The van der Waals surface area contributed by atoms with Crippen LogP contribution in [-0.2, 0) is 20.8 Å². The van der Waals surface area contributed by atoms with Gasteiger partial charge in [0.25, 0.3) is 0 Å². The van der Waals surface area contributed by atoms with Crippen molar-refractivity contribution in [3.63, 3.8) is 0 Å². The summed E-state index contributed by atoms with van der Waals surface area (Å²) in [5.41, 5.74) is 1.44. The third-order valence-electron chi connectivity index (χ3n) is 7.46. The van der Waals surface area contributed by atoms with Gasteiger partial charge in [0.2, 0.25) is 17.7 Å². The van der Waals surface area contributed by atoms with E-state index in [1.807, 2.05) is 42.4 Å². The predicted molar refractivity (Wildman–Crippen MR) is 172 cm³/mol. The van der Waals surface area contributed by atoms with E-state index in [0.717, 1.165) is 64.4 Å². The van der Waals surface area contributed by atoms with E-state index < -0.39 is 0 Å². The van der Waals surface area contributed by atoms with Crippen LogP contribution in [0.4, 0.5) is 0 Å². The van der Waals surface area contributed by atoms with Crippen LogP contribution < -0.4 is 0 Å². The molecule has 6 heteroatoms. The highest BCUT2D eigenvalue weighted by atomic mass is 16.2. The molecule has 0 saturated carbocycles. The largest absolute Gasteiger partial charge is 0.343 e. The topological polar surface area (TPSA) is 60.9 Å². The quantitative estimate of drug-likeness (QED) is 0.352. The lowest BCUT2D eigenvalue weighted by atomic mass is 10.0. The maximum Gasteiger partial charge on any atom is 0.225 e. The van der Waals surface area contributed by atoms with Crippen molar-refractivity contribution in [3.05, 3.63) is 35.9 Å². The number of likely N-dealkylation sites (tertiary alicyclic amines) is 3. The molecule has 6 nitrogen and oxygen atoms in total.